The van der Waals surface area contributed by atoms with Crippen LogP contribution < -0.4 is 10.6 Å². The molecule has 0 saturated heterocycles. The molecule has 0 saturated carbocycles. The number of nitrogens with zero attached hydrogens (tertiary/aromatic N) is 1. The number of carbonyl (C=O) groups excluding carboxylic acids is 1. The molecule has 134 valence electrons. The zero-order valence-electron chi connectivity index (χ0n) is 14.8. The molecule has 0 atom stereocenters. The van der Waals surface area contributed by atoms with Crippen LogP contribution in [0.2, 0.25) is 0 Å². The number of nitrogens with one attached hydrogen (secondary N) is 2. The lowest BCUT2D eigenvalue weighted by atomic mass is 10.2. The lowest BCUT2D eigenvalue weighted by molar-refractivity contribution is -0.114. The summed E-state index contributed by atoms with van der Waals surface area (Å²) >= 11 is 0. The smallest absolute Gasteiger partial charge is 0.243 e. The summed E-state index contributed by atoms with van der Waals surface area (Å²) in [5, 5.41) is 5.76. The Bertz CT molecular complexity index is 877. The normalized spacial score (nSPS) is 11.4. The van der Waals surface area contributed by atoms with Gasteiger partial charge in [0, 0.05) is 25.5 Å². The molecule has 0 fully saturated rings. The molecule has 0 bridgehead atoms. The second kappa shape index (κ2) is 7.67. The average Bonchev–Trinajstić information content (AvgIpc) is 2.54. The molecule has 25 heavy (non-hydrogen) atoms. The van der Waals surface area contributed by atoms with E-state index in [9.17, 15) is 13.2 Å². The predicted octanol–water partition coefficient (Wildman–Crippen LogP) is 2.60. The maximum atomic E-state index is 12.3. The van der Waals surface area contributed by atoms with Crippen LogP contribution in [0.4, 0.5) is 11.4 Å². The summed E-state index contributed by atoms with van der Waals surface area (Å²) < 4.78 is 25.8. The van der Waals surface area contributed by atoms with Crippen molar-refractivity contribution < 1.29 is 13.2 Å². The van der Waals surface area contributed by atoms with Crippen molar-refractivity contribution >= 4 is 27.3 Å². The summed E-state index contributed by atoms with van der Waals surface area (Å²) in [5.41, 5.74) is 3.03. The molecule has 0 heterocycles. The number of aryl methyl sites for hydroxylation is 2. The molecule has 2 N–H and O–H groups in total. The number of hydrogen-bond acceptors (Lipinski definition) is 4. The fraction of sp³-hybridized carbons (Fsp3) is 0.278. The van der Waals surface area contributed by atoms with Crippen molar-refractivity contribution in [2.75, 3.05) is 31.3 Å². The lowest BCUT2D eigenvalue weighted by Gasteiger charge is -2.15. The maximum Gasteiger partial charge on any atom is 0.243 e. The van der Waals surface area contributed by atoms with Gasteiger partial charge in [-0.25, -0.2) is 12.7 Å². The first-order valence-corrected chi connectivity index (χ1v) is 9.28. The molecule has 7 heteroatoms. The molecule has 0 aliphatic carbocycles. The van der Waals surface area contributed by atoms with Crippen LogP contribution in [0, 0.1) is 13.8 Å². The lowest BCUT2D eigenvalue weighted by Crippen LogP contribution is -2.24. The van der Waals surface area contributed by atoms with E-state index in [4.69, 9.17) is 0 Å². The number of amides is 1. The monoisotopic (exact) mass is 361 g/mol. The first kappa shape index (κ1) is 19.0. The molecule has 1 amide bonds. The molecule has 0 radical (unpaired) electrons. The molecule has 0 aromatic heterocycles. The second-order valence-corrected chi connectivity index (χ2v) is 8.16. The standard InChI is InChI=1S/C18H23N3O3S/c1-13-6-5-7-15(10-13)19-12-18(22)20-16-9-8-14(2)17(11-16)25(23,24)21(3)4/h5-11,19H,12H2,1-4H3,(H,20,22). The minimum Gasteiger partial charge on any atom is -0.376 e. The van der Waals surface area contributed by atoms with E-state index < -0.39 is 10.0 Å². The topological polar surface area (TPSA) is 78.5 Å². The molecular weight excluding hydrogens is 338 g/mol. The summed E-state index contributed by atoms with van der Waals surface area (Å²) in [6.07, 6.45) is 0. The number of benzene rings is 2. The third kappa shape index (κ3) is 4.80. The summed E-state index contributed by atoms with van der Waals surface area (Å²) in [6, 6.07) is 12.6. The SMILES string of the molecule is Cc1cccc(NCC(=O)Nc2ccc(C)c(S(=O)(=O)N(C)C)c2)c1. The Morgan fingerprint density at radius 2 is 1.76 bits per heavy atom. The maximum absolute atomic E-state index is 12.3. The van der Waals surface area contributed by atoms with E-state index in [0.29, 0.717) is 11.3 Å². The number of anilines is 2. The van der Waals surface area contributed by atoms with Gasteiger partial charge in [-0.3, -0.25) is 4.79 Å². The molecule has 0 spiro atoms. The van der Waals surface area contributed by atoms with Crippen LogP contribution in [-0.2, 0) is 14.8 Å². The zero-order chi connectivity index (χ0) is 18.6. The highest BCUT2D eigenvalue weighted by Crippen LogP contribution is 2.22. The number of hydrogen-bond donors (Lipinski definition) is 2. The van der Waals surface area contributed by atoms with E-state index >= 15 is 0 Å². The summed E-state index contributed by atoms with van der Waals surface area (Å²) in [5.74, 6) is -0.251. The van der Waals surface area contributed by atoms with Gasteiger partial charge in [0.25, 0.3) is 0 Å². The van der Waals surface area contributed by atoms with E-state index in [1.165, 1.54) is 20.2 Å². The summed E-state index contributed by atoms with van der Waals surface area (Å²) in [6.45, 7) is 3.79. The van der Waals surface area contributed by atoms with Crippen molar-refractivity contribution in [1.29, 1.82) is 0 Å². The van der Waals surface area contributed by atoms with Crippen molar-refractivity contribution in [2.24, 2.45) is 0 Å². The van der Waals surface area contributed by atoms with Crippen LogP contribution in [0.15, 0.2) is 47.4 Å². The van der Waals surface area contributed by atoms with Gasteiger partial charge in [0.1, 0.15) is 0 Å². The Kier molecular flexibility index (Phi) is 5.81. The molecule has 2 aromatic rings. The molecular formula is C18H23N3O3S. The summed E-state index contributed by atoms with van der Waals surface area (Å²) in [4.78, 5) is 12.3. The molecule has 0 aliphatic rings. The van der Waals surface area contributed by atoms with Gasteiger partial charge in [-0.05, 0) is 49.2 Å². The van der Waals surface area contributed by atoms with Crippen LogP contribution in [-0.4, -0.2) is 39.3 Å². The Balaban J connectivity index is 2.09. The number of carbonyl (C=O) groups is 1. The van der Waals surface area contributed by atoms with Gasteiger partial charge in [-0.2, -0.15) is 0 Å². The van der Waals surface area contributed by atoms with Crippen molar-refractivity contribution in [3.63, 3.8) is 0 Å². The highest BCUT2D eigenvalue weighted by Gasteiger charge is 2.20. The minimum absolute atomic E-state index is 0.0904. The zero-order valence-corrected chi connectivity index (χ0v) is 15.6. The molecule has 0 aliphatic heterocycles. The van der Waals surface area contributed by atoms with Crippen molar-refractivity contribution in [2.45, 2.75) is 18.7 Å². The van der Waals surface area contributed by atoms with Crippen molar-refractivity contribution in [3.05, 3.63) is 53.6 Å². The third-order valence-electron chi connectivity index (χ3n) is 3.70. The highest BCUT2D eigenvalue weighted by molar-refractivity contribution is 7.89. The van der Waals surface area contributed by atoms with E-state index in [1.54, 1.807) is 19.1 Å². The van der Waals surface area contributed by atoms with Gasteiger partial charge in [0.15, 0.2) is 0 Å². The van der Waals surface area contributed by atoms with Crippen LogP contribution in [0.1, 0.15) is 11.1 Å². The summed E-state index contributed by atoms with van der Waals surface area (Å²) in [7, 11) is -0.604. The van der Waals surface area contributed by atoms with Gasteiger partial charge >= 0.3 is 0 Å². The largest absolute Gasteiger partial charge is 0.376 e. The van der Waals surface area contributed by atoms with E-state index in [1.807, 2.05) is 31.2 Å². The Morgan fingerprint density at radius 1 is 1.04 bits per heavy atom. The first-order chi connectivity index (χ1) is 11.7. The van der Waals surface area contributed by atoms with Gasteiger partial charge in [0.2, 0.25) is 15.9 Å². The molecule has 2 rings (SSSR count). The second-order valence-electron chi connectivity index (χ2n) is 6.04. The molecule has 2 aromatic carbocycles. The Labute approximate surface area is 148 Å². The van der Waals surface area contributed by atoms with Crippen LogP contribution >= 0.6 is 0 Å². The van der Waals surface area contributed by atoms with E-state index in [2.05, 4.69) is 10.6 Å². The average molecular weight is 361 g/mol. The molecule has 0 unspecified atom stereocenters. The highest BCUT2D eigenvalue weighted by atomic mass is 32.2. The number of rotatable bonds is 6. The van der Waals surface area contributed by atoms with Crippen LogP contribution in [0.3, 0.4) is 0 Å². The van der Waals surface area contributed by atoms with Crippen LogP contribution in [0.25, 0.3) is 0 Å². The fourth-order valence-corrected chi connectivity index (χ4v) is 3.44. The predicted molar refractivity (Wildman–Crippen MR) is 100 cm³/mol. The van der Waals surface area contributed by atoms with E-state index in [-0.39, 0.29) is 17.3 Å². The van der Waals surface area contributed by atoms with Crippen molar-refractivity contribution in [3.8, 4) is 0 Å². The van der Waals surface area contributed by atoms with Gasteiger partial charge < -0.3 is 10.6 Å². The number of sulfonamides is 1. The van der Waals surface area contributed by atoms with Gasteiger partial charge in [-0.15, -0.1) is 0 Å². The Morgan fingerprint density at radius 3 is 2.40 bits per heavy atom. The van der Waals surface area contributed by atoms with Crippen molar-refractivity contribution in [1.82, 2.24) is 4.31 Å². The van der Waals surface area contributed by atoms with Gasteiger partial charge in [0.05, 0.1) is 11.4 Å². The third-order valence-corrected chi connectivity index (χ3v) is 5.66. The fourth-order valence-electron chi connectivity index (χ4n) is 2.29. The quantitative estimate of drug-likeness (QED) is 0.829. The van der Waals surface area contributed by atoms with Crippen LogP contribution in [0.5, 0.6) is 0 Å². The van der Waals surface area contributed by atoms with Gasteiger partial charge in [-0.1, -0.05) is 18.2 Å². The molecule has 6 nitrogen and oxygen atoms in total. The first-order valence-electron chi connectivity index (χ1n) is 7.84. The van der Waals surface area contributed by atoms with E-state index in [0.717, 1.165) is 15.6 Å². The minimum atomic E-state index is -3.56. The Hall–Kier alpha value is -2.38.